The normalized spacial score (nSPS) is 13.8. The van der Waals surface area contributed by atoms with Crippen molar-refractivity contribution in [2.75, 3.05) is 4.90 Å². The highest BCUT2D eigenvalue weighted by atomic mass is 16.3. The summed E-state index contributed by atoms with van der Waals surface area (Å²) in [4.78, 5) is 24.4. The molecule has 0 atom stereocenters. The number of hydrogen-bond acceptors (Lipinski definition) is 6. The third-order valence-corrected chi connectivity index (χ3v) is 4.15. The number of imide groups is 1. The Bertz CT molecular complexity index is 1070. The maximum Gasteiger partial charge on any atom is 0.258 e. The molecular formula is C20H14N4O4. The lowest BCUT2D eigenvalue weighted by Crippen LogP contribution is -2.29. The number of benzene rings is 2. The van der Waals surface area contributed by atoms with Crippen molar-refractivity contribution in [2.45, 2.75) is 0 Å². The van der Waals surface area contributed by atoms with Crippen LogP contribution < -0.4 is 4.90 Å². The number of rotatable bonds is 4. The summed E-state index contributed by atoms with van der Waals surface area (Å²) in [5.41, 5.74) is 2.18. The zero-order valence-corrected chi connectivity index (χ0v) is 14.4. The van der Waals surface area contributed by atoms with Crippen molar-refractivity contribution in [2.24, 2.45) is 10.2 Å². The molecule has 1 aromatic heterocycles. The number of amides is 2. The highest BCUT2D eigenvalue weighted by Gasteiger charge is 2.24. The molecule has 2 N–H and O–H groups in total. The molecule has 0 spiro atoms. The predicted molar refractivity (Wildman–Crippen MR) is 101 cm³/mol. The van der Waals surface area contributed by atoms with Crippen molar-refractivity contribution >= 4 is 28.9 Å². The molecule has 2 heterocycles. The van der Waals surface area contributed by atoms with E-state index < -0.39 is 0 Å². The minimum atomic E-state index is -0.376. The van der Waals surface area contributed by atoms with Gasteiger partial charge < -0.3 is 10.2 Å². The van der Waals surface area contributed by atoms with Gasteiger partial charge in [0, 0.05) is 24.3 Å². The van der Waals surface area contributed by atoms with Gasteiger partial charge in [0.05, 0.1) is 22.7 Å². The molecule has 2 amide bonds. The zero-order chi connectivity index (χ0) is 19.7. The first-order valence-electron chi connectivity index (χ1n) is 8.31. The maximum absolute atomic E-state index is 11.7. The van der Waals surface area contributed by atoms with E-state index in [0.29, 0.717) is 22.7 Å². The molecule has 0 bridgehead atoms. The van der Waals surface area contributed by atoms with Crippen molar-refractivity contribution < 1.29 is 19.8 Å². The Hall–Kier alpha value is -4.20. The summed E-state index contributed by atoms with van der Waals surface area (Å²) in [5, 5.41) is 27.8. The maximum atomic E-state index is 11.7. The summed E-state index contributed by atoms with van der Waals surface area (Å²) in [6, 6.07) is 16.1. The smallest absolute Gasteiger partial charge is 0.258 e. The molecule has 8 nitrogen and oxygen atoms in total. The van der Waals surface area contributed by atoms with Gasteiger partial charge in [0.1, 0.15) is 0 Å². The zero-order valence-electron chi connectivity index (χ0n) is 14.4. The molecule has 0 saturated heterocycles. The van der Waals surface area contributed by atoms with Gasteiger partial charge in [-0.05, 0) is 48.5 Å². The Morgan fingerprint density at radius 3 is 1.50 bits per heavy atom. The van der Waals surface area contributed by atoms with Crippen molar-refractivity contribution in [3.8, 4) is 17.4 Å². The summed E-state index contributed by atoms with van der Waals surface area (Å²) >= 11 is 0. The molecule has 138 valence electrons. The molecule has 0 saturated carbocycles. The van der Waals surface area contributed by atoms with Crippen LogP contribution in [-0.4, -0.2) is 26.6 Å². The fourth-order valence-corrected chi connectivity index (χ4v) is 2.79. The van der Waals surface area contributed by atoms with E-state index in [1.807, 2.05) is 0 Å². The molecule has 0 aliphatic carbocycles. The first-order valence-corrected chi connectivity index (χ1v) is 8.31. The minimum absolute atomic E-state index is 0.0721. The van der Waals surface area contributed by atoms with Crippen LogP contribution in [0, 0.1) is 0 Å². The summed E-state index contributed by atoms with van der Waals surface area (Å²) in [6.45, 7) is 0. The highest BCUT2D eigenvalue weighted by molar-refractivity contribution is 6.28. The van der Waals surface area contributed by atoms with Crippen LogP contribution in [0.25, 0.3) is 5.69 Å². The number of anilines is 1. The molecule has 0 radical (unpaired) electrons. The Kier molecular flexibility index (Phi) is 4.21. The topological polar surface area (TPSA) is 107 Å². The first kappa shape index (κ1) is 17.2. The third kappa shape index (κ3) is 3.14. The second-order valence-corrected chi connectivity index (χ2v) is 5.96. The van der Waals surface area contributed by atoms with E-state index in [9.17, 15) is 19.8 Å². The van der Waals surface area contributed by atoms with Gasteiger partial charge in [-0.25, -0.2) is 4.90 Å². The summed E-state index contributed by atoms with van der Waals surface area (Å²) < 4.78 is 1.29. The molecule has 8 heteroatoms. The average molecular weight is 374 g/mol. The largest absolute Gasteiger partial charge is 0.494 e. The quantitative estimate of drug-likeness (QED) is 0.536. The standard InChI is InChI=1S/C20H14N4O4/c25-17-9-10-18(26)23(17)15-5-1-13(2-6-15)21-22-14-3-7-16(8-4-14)24-19(27)11-12-20(24)28/h1-12,25-26H. The lowest BCUT2D eigenvalue weighted by atomic mass is 10.2. The molecule has 0 unspecified atom stereocenters. The van der Waals surface area contributed by atoms with Crippen LogP contribution in [0.1, 0.15) is 0 Å². The first-order chi connectivity index (χ1) is 13.5. The Morgan fingerprint density at radius 2 is 1.04 bits per heavy atom. The van der Waals surface area contributed by atoms with E-state index in [-0.39, 0.29) is 23.6 Å². The van der Waals surface area contributed by atoms with E-state index in [1.165, 1.54) is 28.9 Å². The number of carbonyl (C=O) groups excluding carboxylic acids is 2. The Morgan fingerprint density at radius 1 is 0.607 bits per heavy atom. The van der Waals surface area contributed by atoms with Crippen molar-refractivity contribution in [3.05, 3.63) is 72.8 Å². The molecule has 2 aromatic carbocycles. The van der Waals surface area contributed by atoms with Crippen LogP contribution in [0.3, 0.4) is 0 Å². The van der Waals surface area contributed by atoms with Gasteiger partial charge in [-0.3, -0.25) is 14.2 Å². The number of hydrogen-bond donors (Lipinski definition) is 2. The van der Waals surface area contributed by atoms with Crippen molar-refractivity contribution in [1.29, 1.82) is 0 Å². The fraction of sp³-hybridized carbons (Fsp3) is 0. The van der Waals surface area contributed by atoms with Gasteiger partial charge in [-0.2, -0.15) is 10.2 Å². The SMILES string of the molecule is O=C1C=CC(=O)N1c1ccc(N=Nc2ccc(-n3c(O)ccc3O)cc2)cc1. The predicted octanol–water partition coefficient (Wildman–Crippen LogP) is 3.73. The molecular weight excluding hydrogens is 360 g/mol. The molecule has 4 rings (SSSR count). The fourth-order valence-electron chi connectivity index (χ4n) is 2.79. The van der Waals surface area contributed by atoms with Crippen LogP contribution >= 0.6 is 0 Å². The third-order valence-electron chi connectivity index (χ3n) is 4.15. The minimum Gasteiger partial charge on any atom is -0.494 e. The van der Waals surface area contributed by atoms with Crippen LogP contribution in [0.5, 0.6) is 11.8 Å². The number of aromatic nitrogens is 1. The van der Waals surface area contributed by atoms with Gasteiger partial charge in [-0.15, -0.1) is 0 Å². The summed E-state index contributed by atoms with van der Waals surface area (Å²) in [6.07, 6.45) is 2.46. The lowest BCUT2D eigenvalue weighted by molar-refractivity contribution is -0.119. The highest BCUT2D eigenvalue weighted by Crippen LogP contribution is 2.28. The van der Waals surface area contributed by atoms with E-state index in [0.717, 1.165) is 4.90 Å². The second-order valence-electron chi connectivity index (χ2n) is 5.96. The van der Waals surface area contributed by atoms with Gasteiger partial charge in [-0.1, -0.05) is 0 Å². The average Bonchev–Trinajstić information content (AvgIpc) is 3.22. The molecule has 1 aliphatic heterocycles. The monoisotopic (exact) mass is 374 g/mol. The van der Waals surface area contributed by atoms with E-state index >= 15 is 0 Å². The van der Waals surface area contributed by atoms with Gasteiger partial charge >= 0.3 is 0 Å². The van der Waals surface area contributed by atoms with E-state index in [2.05, 4.69) is 10.2 Å². The van der Waals surface area contributed by atoms with Crippen LogP contribution in [0.15, 0.2) is 83.0 Å². The lowest BCUT2D eigenvalue weighted by Gasteiger charge is -2.13. The molecule has 1 aliphatic rings. The summed E-state index contributed by atoms with van der Waals surface area (Å²) in [5.74, 6) is -0.896. The number of azo groups is 1. The van der Waals surface area contributed by atoms with Crippen molar-refractivity contribution in [1.82, 2.24) is 4.57 Å². The molecule has 0 fully saturated rings. The molecule has 3 aromatic rings. The van der Waals surface area contributed by atoms with E-state index in [4.69, 9.17) is 0 Å². The number of carbonyl (C=O) groups is 2. The second kappa shape index (κ2) is 6.84. The Balaban J connectivity index is 1.49. The van der Waals surface area contributed by atoms with Crippen molar-refractivity contribution in [3.63, 3.8) is 0 Å². The van der Waals surface area contributed by atoms with Gasteiger partial charge in [0.15, 0.2) is 11.8 Å². The number of nitrogens with zero attached hydrogens (tertiary/aromatic N) is 4. The number of aromatic hydroxyl groups is 2. The Labute approximate surface area is 159 Å². The summed E-state index contributed by atoms with van der Waals surface area (Å²) in [7, 11) is 0. The molecule has 28 heavy (non-hydrogen) atoms. The van der Waals surface area contributed by atoms with Crippen LogP contribution in [-0.2, 0) is 9.59 Å². The van der Waals surface area contributed by atoms with Gasteiger partial charge in [0.25, 0.3) is 11.8 Å². The van der Waals surface area contributed by atoms with Crippen LogP contribution in [0.2, 0.25) is 0 Å². The van der Waals surface area contributed by atoms with E-state index in [1.54, 1.807) is 48.5 Å². The van der Waals surface area contributed by atoms with Gasteiger partial charge in [0.2, 0.25) is 0 Å². The van der Waals surface area contributed by atoms with Crippen LogP contribution in [0.4, 0.5) is 17.1 Å².